The standard InChI is InChI=1S/C15H14N4O4/c16-13-7-6-11(19(22)23)8-12(13)15(21)18-9-17-14(20)10-4-2-1-3-5-10/h1-8H,9,16H2,(H,17,20)(H,18,21). The molecule has 2 amide bonds. The molecule has 23 heavy (non-hydrogen) atoms. The molecule has 4 N–H and O–H groups in total. The number of nitro groups is 1. The van der Waals surface area contributed by atoms with Crippen LogP contribution in [0.3, 0.4) is 0 Å². The highest BCUT2D eigenvalue weighted by Gasteiger charge is 2.15. The van der Waals surface area contributed by atoms with Gasteiger partial charge in [-0.1, -0.05) is 18.2 Å². The fourth-order valence-corrected chi connectivity index (χ4v) is 1.85. The van der Waals surface area contributed by atoms with Crippen LogP contribution in [0.1, 0.15) is 20.7 Å². The van der Waals surface area contributed by atoms with Crippen LogP contribution in [0, 0.1) is 10.1 Å². The Bertz CT molecular complexity index is 746. The minimum atomic E-state index is -0.618. The summed E-state index contributed by atoms with van der Waals surface area (Å²) in [6, 6.07) is 12.1. The van der Waals surface area contributed by atoms with E-state index < -0.39 is 10.8 Å². The summed E-state index contributed by atoms with van der Waals surface area (Å²) in [5.41, 5.74) is 5.95. The molecule has 2 aromatic carbocycles. The predicted octanol–water partition coefficient (Wildman–Crippen LogP) is 1.29. The van der Waals surface area contributed by atoms with Crippen molar-refractivity contribution in [3.8, 4) is 0 Å². The van der Waals surface area contributed by atoms with E-state index in [2.05, 4.69) is 10.6 Å². The van der Waals surface area contributed by atoms with E-state index in [9.17, 15) is 19.7 Å². The number of hydrogen-bond donors (Lipinski definition) is 3. The van der Waals surface area contributed by atoms with Crippen molar-refractivity contribution in [2.45, 2.75) is 0 Å². The van der Waals surface area contributed by atoms with Crippen molar-refractivity contribution < 1.29 is 14.5 Å². The molecule has 0 aliphatic heterocycles. The third kappa shape index (κ3) is 4.03. The fourth-order valence-electron chi connectivity index (χ4n) is 1.85. The molecular formula is C15H14N4O4. The minimum Gasteiger partial charge on any atom is -0.398 e. The number of hydrogen-bond acceptors (Lipinski definition) is 5. The maximum Gasteiger partial charge on any atom is 0.270 e. The fraction of sp³-hybridized carbons (Fsp3) is 0.0667. The summed E-state index contributed by atoms with van der Waals surface area (Å²) in [7, 11) is 0. The van der Waals surface area contributed by atoms with Gasteiger partial charge < -0.3 is 16.4 Å². The lowest BCUT2D eigenvalue weighted by atomic mass is 10.1. The first kappa shape index (κ1) is 16.0. The summed E-state index contributed by atoms with van der Waals surface area (Å²) in [5.74, 6) is -0.961. The van der Waals surface area contributed by atoms with Crippen LogP contribution in [-0.2, 0) is 0 Å². The van der Waals surface area contributed by atoms with E-state index in [1.54, 1.807) is 30.3 Å². The second-order valence-electron chi connectivity index (χ2n) is 4.58. The molecule has 0 spiro atoms. The Balaban J connectivity index is 1.96. The number of non-ortho nitro benzene ring substituents is 1. The molecule has 0 saturated carbocycles. The maximum atomic E-state index is 12.0. The van der Waals surface area contributed by atoms with Crippen molar-refractivity contribution in [2.75, 3.05) is 12.4 Å². The Labute approximate surface area is 131 Å². The van der Waals surface area contributed by atoms with Gasteiger partial charge in [-0.25, -0.2) is 0 Å². The number of nitrogens with zero attached hydrogens (tertiary/aromatic N) is 1. The largest absolute Gasteiger partial charge is 0.398 e. The molecular weight excluding hydrogens is 300 g/mol. The number of nitro benzene ring substituents is 1. The molecule has 8 nitrogen and oxygen atoms in total. The Morgan fingerprint density at radius 3 is 2.35 bits per heavy atom. The molecule has 0 aliphatic rings. The summed E-state index contributed by atoms with van der Waals surface area (Å²) in [5, 5.41) is 15.7. The van der Waals surface area contributed by atoms with Crippen LogP contribution in [-0.4, -0.2) is 23.4 Å². The number of rotatable bonds is 5. The normalized spacial score (nSPS) is 9.91. The number of benzene rings is 2. The van der Waals surface area contributed by atoms with Crippen LogP contribution in [0.4, 0.5) is 11.4 Å². The summed E-state index contributed by atoms with van der Waals surface area (Å²) in [4.78, 5) is 33.9. The lowest BCUT2D eigenvalue weighted by Crippen LogP contribution is -2.37. The van der Waals surface area contributed by atoms with Crippen molar-refractivity contribution in [2.24, 2.45) is 0 Å². The number of anilines is 1. The summed E-state index contributed by atoms with van der Waals surface area (Å²) < 4.78 is 0. The highest BCUT2D eigenvalue weighted by molar-refractivity contribution is 6.00. The van der Waals surface area contributed by atoms with Gasteiger partial charge in [0.15, 0.2) is 0 Å². The maximum absolute atomic E-state index is 12.0. The zero-order valence-electron chi connectivity index (χ0n) is 12.0. The Morgan fingerprint density at radius 1 is 1.04 bits per heavy atom. The third-order valence-electron chi connectivity index (χ3n) is 3.03. The monoisotopic (exact) mass is 314 g/mol. The third-order valence-corrected chi connectivity index (χ3v) is 3.03. The first-order chi connectivity index (χ1) is 11.0. The van der Waals surface area contributed by atoms with Crippen LogP contribution in [0.2, 0.25) is 0 Å². The first-order valence-electron chi connectivity index (χ1n) is 6.64. The molecule has 0 heterocycles. The van der Waals surface area contributed by atoms with E-state index in [4.69, 9.17) is 5.73 Å². The molecule has 0 saturated heterocycles. The summed E-state index contributed by atoms with van der Waals surface area (Å²) >= 11 is 0. The van der Waals surface area contributed by atoms with E-state index >= 15 is 0 Å². The van der Waals surface area contributed by atoms with Crippen LogP contribution in [0.15, 0.2) is 48.5 Å². The highest BCUT2D eigenvalue weighted by Crippen LogP contribution is 2.19. The number of amides is 2. The predicted molar refractivity (Wildman–Crippen MR) is 83.8 cm³/mol. The molecule has 0 aromatic heterocycles. The molecule has 0 fully saturated rings. The van der Waals surface area contributed by atoms with Gasteiger partial charge in [-0.05, 0) is 18.2 Å². The van der Waals surface area contributed by atoms with E-state index in [1.807, 2.05) is 0 Å². The quantitative estimate of drug-likeness (QED) is 0.332. The van der Waals surface area contributed by atoms with Gasteiger partial charge in [-0.2, -0.15) is 0 Å². The van der Waals surface area contributed by atoms with Gasteiger partial charge >= 0.3 is 0 Å². The number of nitrogens with two attached hydrogens (primary N) is 1. The summed E-state index contributed by atoms with van der Waals surface area (Å²) in [6.45, 7) is -0.130. The second-order valence-corrected chi connectivity index (χ2v) is 4.58. The lowest BCUT2D eigenvalue weighted by Gasteiger charge is -2.09. The molecule has 0 radical (unpaired) electrons. The Hall–Kier alpha value is -3.42. The van der Waals surface area contributed by atoms with Gasteiger partial charge in [0.1, 0.15) is 0 Å². The van der Waals surface area contributed by atoms with Crippen molar-refractivity contribution in [1.29, 1.82) is 0 Å². The molecule has 0 atom stereocenters. The average Bonchev–Trinajstić information content (AvgIpc) is 2.55. The first-order valence-corrected chi connectivity index (χ1v) is 6.64. The van der Waals surface area contributed by atoms with E-state index in [-0.39, 0.29) is 29.5 Å². The molecule has 2 rings (SSSR count). The summed E-state index contributed by atoms with van der Waals surface area (Å²) in [6.07, 6.45) is 0. The number of carbonyl (C=O) groups is 2. The second kappa shape index (κ2) is 7.03. The number of nitrogens with one attached hydrogen (secondary N) is 2. The SMILES string of the molecule is Nc1ccc([N+](=O)[O-])cc1C(=O)NCNC(=O)c1ccccc1. The average molecular weight is 314 g/mol. The van der Waals surface area contributed by atoms with Gasteiger partial charge in [0.05, 0.1) is 17.2 Å². The van der Waals surface area contributed by atoms with Crippen LogP contribution in [0.5, 0.6) is 0 Å². The molecule has 118 valence electrons. The topological polar surface area (TPSA) is 127 Å². The minimum absolute atomic E-state index is 0.0202. The molecule has 0 unspecified atom stereocenters. The number of carbonyl (C=O) groups excluding carboxylic acids is 2. The van der Waals surface area contributed by atoms with E-state index in [1.165, 1.54) is 12.1 Å². The Morgan fingerprint density at radius 2 is 1.70 bits per heavy atom. The Kier molecular flexibility index (Phi) is 4.88. The van der Waals surface area contributed by atoms with Gasteiger partial charge in [0.2, 0.25) is 0 Å². The van der Waals surface area contributed by atoms with Crippen molar-refractivity contribution in [1.82, 2.24) is 10.6 Å². The van der Waals surface area contributed by atoms with E-state index in [0.717, 1.165) is 6.07 Å². The van der Waals surface area contributed by atoms with Gasteiger partial charge in [-0.3, -0.25) is 19.7 Å². The van der Waals surface area contributed by atoms with Crippen LogP contribution >= 0.6 is 0 Å². The van der Waals surface area contributed by atoms with Crippen molar-refractivity contribution >= 4 is 23.2 Å². The van der Waals surface area contributed by atoms with Crippen molar-refractivity contribution in [3.63, 3.8) is 0 Å². The zero-order valence-corrected chi connectivity index (χ0v) is 12.0. The highest BCUT2D eigenvalue weighted by atomic mass is 16.6. The van der Waals surface area contributed by atoms with Gasteiger partial charge in [0.25, 0.3) is 17.5 Å². The zero-order chi connectivity index (χ0) is 16.8. The van der Waals surface area contributed by atoms with Crippen LogP contribution in [0.25, 0.3) is 0 Å². The van der Waals surface area contributed by atoms with Crippen LogP contribution < -0.4 is 16.4 Å². The van der Waals surface area contributed by atoms with E-state index in [0.29, 0.717) is 5.56 Å². The van der Waals surface area contributed by atoms with Crippen molar-refractivity contribution in [3.05, 3.63) is 69.8 Å². The van der Waals surface area contributed by atoms with Gasteiger partial charge in [-0.15, -0.1) is 0 Å². The molecule has 2 aromatic rings. The molecule has 8 heteroatoms. The lowest BCUT2D eigenvalue weighted by molar-refractivity contribution is -0.384. The molecule has 0 aliphatic carbocycles. The molecule has 0 bridgehead atoms. The van der Waals surface area contributed by atoms with Gasteiger partial charge in [0, 0.05) is 23.4 Å². The number of nitrogen functional groups attached to an aromatic ring is 1. The smallest absolute Gasteiger partial charge is 0.270 e.